The standard InChI is InChI=1S/C17H26N2O2/c1-11-6-15(18)4-5-19(11)10-14-9-17-13(7-12(2)21-17)8-16(14)20-3/h8-9,11-12,15H,4-7,10,18H2,1-3H3. The third kappa shape index (κ3) is 3.01. The lowest BCUT2D eigenvalue weighted by Gasteiger charge is -2.36. The van der Waals surface area contributed by atoms with Crippen LogP contribution in [0.4, 0.5) is 0 Å². The fourth-order valence-electron chi connectivity index (χ4n) is 3.51. The van der Waals surface area contributed by atoms with Gasteiger partial charge in [-0.25, -0.2) is 0 Å². The molecule has 2 heterocycles. The number of piperidine rings is 1. The van der Waals surface area contributed by atoms with Gasteiger partial charge < -0.3 is 15.2 Å². The normalized spacial score (nSPS) is 29.0. The summed E-state index contributed by atoms with van der Waals surface area (Å²) in [5, 5.41) is 0. The number of rotatable bonds is 3. The smallest absolute Gasteiger partial charge is 0.123 e. The first-order chi connectivity index (χ1) is 10.1. The first-order valence-electron chi connectivity index (χ1n) is 7.93. The topological polar surface area (TPSA) is 47.7 Å². The molecule has 0 aromatic heterocycles. The molecular weight excluding hydrogens is 264 g/mol. The second-order valence-electron chi connectivity index (χ2n) is 6.51. The Labute approximate surface area is 127 Å². The van der Waals surface area contributed by atoms with Crippen LogP contribution in [0.5, 0.6) is 11.5 Å². The van der Waals surface area contributed by atoms with Crippen molar-refractivity contribution in [2.75, 3.05) is 13.7 Å². The first kappa shape index (κ1) is 14.7. The maximum Gasteiger partial charge on any atom is 0.123 e. The summed E-state index contributed by atoms with van der Waals surface area (Å²) < 4.78 is 11.5. The van der Waals surface area contributed by atoms with Crippen molar-refractivity contribution < 1.29 is 9.47 Å². The van der Waals surface area contributed by atoms with E-state index in [4.69, 9.17) is 15.2 Å². The average Bonchev–Trinajstić information content (AvgIpc) is 2.80. The highest BCUT2D eigenvalue weighted by atomic mass is 16.5. The maximum absolute atomic E-state index is 6.05. The molecule has 0 bridgehead atoms. The molecule has 21 heavy (non-hydrogen) atoms. The van der Waals surface area contributed by atoms with Crippen molar-refractivity contribution in [3.8, 4) is 11.5 Å². The minimum Gasteiger partial charge on any atom is -0.496 e. The Bertz CT molecular complexity index is 518. The number of nitrogens with two attached hydrogens (primary N) is 1. The summed E-state index contributed by atoms with van der Waals surface area (Å²) in [4.78, 5) is 2.49. The summed E-state index contributed by atoms with van der Waals surface area (Å²) in [7, 11) is 1.75. The van der Waals surface area contributed by atoms with Gasteiger partial charge in [-0.05, 0) is 38.8 Å². The summed E-state index contributed by atoms with van der Waals surface area (Å²) in [5.74, 6) is 2.01. The van der Waals surface area contributed by atoms with Crippen molar-refractivity contribution in [2.24, 2.45) is 5.73 Å². The number of hydrogen-bond acceptors (Lipinski definition) is 4. The lowest BCUT2D eigenvalue weighted by atomic mass is 9.98. The van der Waals surface area contributed by atoms with Crippen LogP contribution in [0.15, 0.2) is 12.1 Å². The van der Waals surface area contributed by atoms with Gasteiger partial charge in [0.05, 0.1) is 7.11 Å². The minimum atomic E-state index is 0.270. The monoisotopic (exact) mass is 290 g/mol. The minimum absolute atomic E-state index is 0.270. The van der Waals surface area contributed by atoms with Crippen molar-refractivity contribution >= 4 is 0 Å². The third-order valence-corrected chi connectivity index (χ3v) is 4.73. The zero-order valence-electron chi connectivity index (χ0n) is 13.3. The first-order valence-corrected chi connectivity index (χ1v) is 7.93. The molecule has 2 N–H and O–H groups in total. The number of ether oxygens (including phenoxy) is 2. The van der Waals surface area contributed by atoms with E-state index in [2.05, 4.69) is 30.9 Å². The molecule has 2 aliphatic heterocycles. The SMILES string of the molecule is COc1cc2c(cc1CN1CCC(N)CC1C)OC(C)C2. The molecule has 0 saturated carbocycles. The summed E-state index contributed by atoms with van der Waals surface area (Å²) in [6.07, 6.45) is 3.39. The van der Waals surface area contributed by atoms with Crippen LogP contribution < -0.4 is 15.2 Å². The summed E-state index contributed by atoms with van der Waals surface area (Å²) in [6, 6.07) is 5.18. The zero-order chi connectivity index (χ0) is 15.0. The fraction of sp³-hybridized carbons (Fsp3) is 0.647. The highest BCUT2D eigenvalue weighted by Crippen LogP contribution is 2.36. The van der Waals surface area contributed by atoms with Crippen LogP contribution in [-0.2, 0) is 13.0 Å². The van der Waals surface area contributed by atoms with Crippen LogP contribution in [0.25, 0.3) is 0 Å². The van der Waals surface area contributed by atoms with Crippen LogP contribution >= 0.6 is 0 Å². The number of methoxy groups -OCH3 is 1. The van der Waals surface area contributed by atoms with Gasteiger partial charge in [0.1, 0.15) is 17.6 Å². The molecule has 1 fully saturated rings. The van der Waals surface area contributed by atoms with Crippen molar-refractivity contribution in [3.63, 3.8) is 0 Å². The zero-order valence-corrected chi connectivity index (χ0v) is 13.3. The maximum atomic E-state index is 6.05. The van der Waals surface area contributed by atoms with Crippen molar-refractivity contribution in [3.05, 3.63) is 23.3 Å². The molecule has 116 valence electrons. The van der Waals surface area contributed by atoms with Gasteiger partial charge in [-0.1, -0.05) is 0 Å². The highest BCUT2D eigenvalue weighted by Gasteiger charge is 2.26. The average molecular weight is 290 g/mol. The van der Waals surface area contributed by atoms with Gasteiger partial charge in [0.15, 0.2) is 0 Å². The van der Waals surface area contributed by atoms with Gasteiger partial charge in [-0.2, -0.15) is 0 Å². The van der Waals surface area contributed by atoms with E-state index in [1.165, 1.54) is 11.1 Å². The van der Waals surface area contributed by atoms with Crippen LogP contribution in [0.3, 0.4) is 0 Å². The van der Waals surface area contributed by atoms with E-state index >= 15 is 0 Å². The van der Waals surface area contributed by atoms with E-state index < -0.39 is 0 Å². The van der Waals surface area contributed by atoms with Gasteiger partial charge in [0.25, 0.3) is 0 Å². The number of hydrogen-bond donors (Lipinski definition) is 1. The second kappa shape index (κ2) is 5.85. The summed E-state index contributed by atoms with van der Waals surface area (Å²) in [5.41, 5.74) is 8.53. The summed E-state index contributed by atoms with van der Waals surface area (Å²) >= 11 is 0. The molecule has 0 radical (unpaired) electrons. The predicted molar refractivity (Wildman–Crippen MR) is 83.9 cm³/mol. The van der Waals surface area contributed by atoms with Crippen LogP contribution in [0.1, 0.15) is 37.8 Å². The Morgan fingerprint density at radius 2 is 2.19 bits per heavy atom. The Hall–Kier alpha value is -1.26. The molecule has 0 amide bonds. The molecule has 0 aliphatic carbocycles. The molecule has 1 aromatic rings. The highest BCUT2D eigenvalue weighted by molar-refractivity contribution is 5.48. The van der Waals surface area contributed by atoms with E-state index in [9.17, 15) is 0 Å². The quantitative estimate of drug-likeness (QED) is 0.928. The van der Waals surface area contributed by atoms with Gasteiger partial charge in [0, 0.05) is 42.7 Å². The molecule has 1 saturated heterocycles. The van der Waals surface area contributed by atoms with E-state index in [-0.39, 0.29) is 6.10 Å². The molecule has 3 rings (SSSR count). The Morgan fingerprint density at radius 3 is 2.90 bits per heavy atom. The predicted octanol–water partition coefficient (Wildman–Crippen LogP) is 2.33. The number of nitrogens with zero attached hydrogens (tertiary/aromatic N) is 1. The van der Waals surface area contributed by atoms with Crippen molar-refractivity contribution in [1.82, 2.24) is 4.90 Å². The van der Waals surface area contributed by atoms with E-state index in [1.807, 2.05) is 0 Å². The molecule has 0 spiro atoms. The van der Waals surface area contributed by atoms with E-state index in [0.717, 1.165) is 43.9 Å². The fourth-order valence-corrected chi connectivity index (χ4v) is 3.51. The molecule has 4 nitrogen and oxygen atoms in total. The number of fused-ring (bicyclic) bond motifs is 1. The molecular formula is C17H26N2O2. The van der Waals surface area contributed by atoms with E-state index in [0.29, 0.717) is 12.1 Å². The Balaban J connectivity index is 1.80. The second-order valence-corrected chi connectivity index (χ2v) is 6.51. The number of benzene rings is 1. The van der Waals surface area contributed by atoms with E-state index in [1.54, 1.807) is 7.11 Å². The van der Waals surface area contributed by atoms with Crippen LogP contribution in [0, 0.1) is 0 Å². The molecule has 2 aliphatic rings. The Morgan fingerprint density at radius 1 is 1.38 bits per heavy atom. The number of likely N-dealkylation sites (tertiary alicyclic amines) is 1. The summed E-state index contributed by atoms with van der Waals surface area (Å²) in [6.45, 7) is 6.33. The molecule has 4 heteroatoms. The lowest BCUT2D eigenvalue weighted by Crippen LogP contribution is -2.45. The van der Waals surface area contributed by atoms with Gasteiger partial charge >= 0.3 is 0 Å². The van der Waals surface area contributed by atoms with Gasteiger partial charge in [-0.15, -0.1) is 0 Å². The van der Waals surface area contributed by atoms with Crippen molar-refractivity contribution in [1.29, 1.82) is 0 Å². The van der Waals surface area contributed by atoms with Gasteiger partial charge in [-0.3, -0.25) is 4.90 Å². The molecule has 1 aromatic carbocycles. The molecule has 3 atom stereocenters. The largest absolute Gasteiger partial charge is 0.496 e. The third-order valence-electron chi connectivity index (χ3n) is 4.73. The van der Waals surface area contributed by atoms with Crippen LogP contribution in [-0.4, -0.2) is 36.7 Å². The molecule has 3 unspecified atom stereocenters. The van der Waals surface area contributed by atoms with Crippen LogP contribution in [0.2, 0.25) is 0 Å². The Kier molecular flexibility index (Phi) is 4.09. The van der Waals surface area contributed by atoms with Crippen molar-refractivity contribution in [2.45, 2.75) is 57.8 Å². The lowest BCUT2D eigenvalue weighted by molar-refractivity contribution is 0.138. The van der Waals surface area contributed by atoms with Gasteiger partial charge in [0.2, 0.25) is 0 Å².